The van der Waals surface area contributed by atoms with Crippen molar-refractivity contribution in [3.8, 4) is 0 Å². The minimum absolute atomic E-state index is 0.142. The number of fused-ring (bicyclic) bond motifs is 1. The molecule has 0 unspecified atom stereocenters. The molecule has 226 valence electrons. The van der Waals surface area contributed by atoms with Crippen molar-refractivity contribution in [2.75, 3.05) is 6.61 Å². The van der Waals surface area contributed by atoms with E-state index in [0.29, 0.717) is 11.0 Å². The topological polar surface area (TPSA) is 181 Å². The zero-order chi connectivity index (χ0) is 31.1. The van der Waals surface area contributed by atoms with Crippen LogP contribution in [-0.4, -0.2) is 72.0 Å². The highest BCUT2D eigenvalue weighted by Crippen LogP contribution is 2.28. The van der Waals surface area contributed by atoms with E-state index in [0.717, 1.165) is 26.3 Å². The number of carbonyl (C=O) groups is 4. The van der Waals surface area contributed by atoms with Crippen LogP contribution in [-0.2, 0) is 42.9 Å². The van der Waals surface area contributed by atoms with Crippen LogP contribution in [0.4, 0.5) is 0 Å². The highest BCUT2D eigenvalue weighted by molar-refractivity contribution is 7.80. The van der Waals surface area contributed by atoms with Gasteiger partial charge in [0.05, 0.1) is 11.3 Å². The summed E-state index contributed by atoms with van der Waals surface area (Å²) in [6.07, 6.45) is -6.52. The summed E-state index contributed by atoms with van der Waals surface area (Å²) in [5.41, 5.74) is 3.82. The second kappa shape index (κ2) is 14.0. The van der Waals surface area contributed by atoms with E-state index in [9.17, 15) is 24.0 Å². The minimum atomic E-state index is -1.37. The fourth-order valence-corrected chi connectivity index (χ4v) is 4.36. The number of benzene rings is 1. The summed E-state index contributed by atoms with van der Waals surface area (Å²) in [7, 11) is 0. The molecule has 42 heavy (non-hydrogen) atoms. The van der Waals surface area contributed by atoms with Gasteiger partial charge in [-0.05, 0) is 44.3 Å². The Kier molecular flexibility index (Phi) is 10.7. The molecule has 0 saturated carbocycles. The Balaban J connectivity index is 1.87. The van der Waals surface area contributed by atoms with Crippen LogP contribution in [0.1, 0.15) is 45.7 Å². The maximum Gasteiger partial charge on any atom is 0.345 e. The molecule has 1 aliphatic rings. The van der Waals surface area contributed by atoms with Gasteiger partial charge in [-0.1, -0.05) is 11.6 Å². The zero-order valence-electron chi connectivity index (χ0n) is 23.7. The van der Waals surface area contributed by atoms with Crippen LogP contribution in [0.15, 0.2) is 38.6 Å². The smallest absolute Gasteiger partial charge is 0.345 e. The molecule has 0 amide bonds. The summed E-state index contributed by atoms with van der Waals surface area (Å²) in [6.45, 7) is 7.60. The fraction of sp³-hybridized carbons (Fsp3) is 0.444. The van der Waals surface area contributed by atoms with Crippen molar-refractivity contribution in [2.24, 2.45) is 5.10 Å². The Morgan fingerprint density at radius 1 is 0.905 bits per heavy atom. The molecule has 15 heteroatoms. The Hall–Kier alpha value is -4.37. The van der Waals surface area contributed by atoms with Gasteiger partial charge in [-0.25, -0.2) is 4.79 Å². The van der Waals surface area contributed by atoms with Crippen molar-refractivity contribution < 1.29 is 47.3 Å². The largest absolute Gasteiger partial charge is 0.463 e. The molecule has 0 spiro atoms. The number of nitrogens with one attached hydrogen (secondary N) is 2. The molecule has 0 aliphatic carbocycles. The monoisotopic (exact) mass is 605 g/mol. The summed E-state index contributed by atoms with van der Waals surface area (Å²) in [4.78, 5) is 59.9. The number of hydrazone groups is 1. The minimum Gasteiger partial charge on any atom is -0.463 e. The van der Waals surface area contributed by atoms with Crippen molar-refractivity contribution in [3.05, 3.63) is 45.8 Å². The summed E-state index contributed by atoms with van der Waals surface area (Å²) in [5.74, 6) is -2.94. The summed E-state index contributed by atoms with van der Waals surface area (Å²) < 4.78 is 32.5. The third-order valence-electron chi connectivity index (χ3n) is 5.87. The number of ether oxygens (including phenoxy) is 5. The molecule has 5 atom stereocenters. The Bertz CT molecular complexity index is 1470. The molecule has 1 aromatic carbocycles. The Morgan fingerprint density at radius 2 is 1.52 bits per heavy atom. The van der Waals surface area contributed by atoms with Gasteiger partial charge in [0.1, 0.15) is 18.3 Å². The first-order valence-electron chi connectivity index (χ1n) is 12.7. The first kappa shape index (κ1) is 32.1. The molecule has 1 saturated heterocycles. The predicted octanol–water partition coefficient (Wildman–Crippen LogP) is 1.37. The first-order valence-corrected chi connectivity index (χ1v) is 13.1. The lowest BCUT2D eigenvalue weighted by Gasteiger charge is -2.44. The number of carbonyl (C=O) groups excluding carboxylic acids is 4. The Labute approximate surface area is 245 Å². The van der Waals surface area contributed by atoms with Crippen molar-refractivity contribution in [1.82, 2.24) is 10.7 Å². The maximum atomic E-state index is 12.5. The van der Waals surface area contributed by atoms with Crippen LogP contribution in [0.3, 0.4) is 0 Å². The predicted molar refractivity (Wildman–Crippen MR) is 150 cm³/mol. The van der Waals surface area contributed by atoms with E-state index in [1.807, 2.05) is 19.1 Å². The van der Waals surface area contributed by atoms with E-state index >= 15 is 0 Å². The molecule has 2 N–H and O–H groups in total. The molecule has 14 nitrogen and oxygen atoms in total. The molecule has 1 aliphatic heterocycles. The Morgan fingerprint density at radius 3 is 2.14 bits per heavy atom. The molecular weight excluding hydrogens is 574 g/mol. The lowest BCUT2D eigenvalue weighted by Crippen LogP contribution is -2.66. The van der Waals surface area contributed by atoms with Crippen LogP contribution >= 0.6 is 12.2 Å². The third-order valence-corrected chi connectivity index (χ3v) is 6.08. The highest BCUT2D eigenvalue weighted by atomic mass is 32.1. The van der Waals surface area contributed by atoms with E-state index in [2.05, 4.69) is 15.8 Å². The average Bonchev–Trinajstić information content (AvgIpc) is 2.88. The summed E-state index contributed by atoms with van der Waals surface area (Å²) in [6, 6.07) is 7.03. The van der Waals surface area contributed by atoms with Gasteiger partial charge in [0.25, 0.3) is 0 Å². The third kappa shape index (κ3) is 8.57. The van der Waals surface area contributed by atoms with Crippen LogP contribution < -0.4 is 16.4 Å². The van der Waals surface area contributed by atoms with Gasteiger partial charge in [-0.3, -0.25) is 24.6 Å². The van der Waals surface area contributed by atoms with E-state index in [1.54, 1.807) is 19.1 Å². The SMILES string of the molecule is CC(=O)OC[C@H]1O[C@@H](NC(=S)N/N=C(\C)c2cc3cc(C)ccc3oc2=O)[C@H](OC(C)=O)[C@@H](OC(C)=O)[C@H]1OC(C)=O. The lowest BCUT2D eigenvalue weighted by atomic mass is 9.97. The molecule has 3 rings (SSSR count). The van der Waals surface area contributed by atoms with E-state index in [1.165, 1.54) is 6.92 Å². The quantitative estimate of drug-likeness (QED) is 0.110. The van der Waals surface area contributed by atoms with E-state index in [4.69, 9.17) is 40.3 Å². The van der Waals surface area contributed by atoms with Gasteiger partial charge in [-0.15, -0.1) is 0 Å². The molecule has 1 fully saturated rings. The van der Waals surface area contributed by atoms with Crippen LogP contribution in [0, 0.1) is 6.92 Å². The standard InChI is InChI=1S/C27H31N3O11S/c1-12-7-8-20-18(9-12)10-19(26(35)41-20)13(2)29-30-27(42)28-25-24(39-17(6)34)23(38-16(5)33)22(37-15(4)32)21(40-25)11-36-14(3)31/h7-10,21-25H,11H2,1-6H3,(H2,28,30,42)/b29-13+/t21-,22+,23+,24-,25-/m1/s1. The normalized spacial score (nSPS) is 22.0. The second-order valence-corrected chi connectivity index (χ2v) is 9.80. The fourth-order valence-electron chi connectivity index (χ4n) is 4.20. The highest BCUT2D eigenvalue weighted by Gasteiger charge is 2.52. The number of aryl methyl sites for hydroxylation is 1. The van der Waals surface area contributed by atoms with Crippen LogP contribution in [0.25, 0.3) is 11.0 Å². The summed E-state index contributed by atoms with van der Waals surface area (Å²) >= 11 is 5.34. The van der Waals surface area contributed by atoms with Gasteiger partial charge in [0.15, 0.2) is 29.7 Å². The van der Waals surface area contributed by atoms with Gasteiger partial charge in [-0.2, -0.15) is 5.10 Å². The first-order chi connectivity index (χ1) is 19.7. The van der Waals surface area contributed by atoms with Gasteiger partial charge >= 0.3 is 29.5 Å². The second-order valence-electron chi connectivity index (χ2n) is 9.39. The van der Waals surface area contributed by atoms with Crippen LogP contribution in [0.5, 0.6) is 0 Å². The van der Waals surface area contributed by atoms with Crippen molar-refractivity contribution in [1.29, 1.82) is 0 Å². The maximum absolute atomic E-state index is 12.5. The number of hydrogen-bond acceptors (Lipinski definition) is 13. The average molecular weight is 606 g/mol. The molecular formula is C27H31N3O11S. The molecule has 2 aromatic rings. The van der Waals surface area contributed by atoms with Gasteiger partial charge in [0, 0.05) is 33.1 Å². The number of thiocarbonyl (C=S) groups is 1. The number of rotatable bonds is 8. The summed E-state index contributed by atoms with van der Waals surface area (Å²) in [5, 5.41) is 7.48. The van der Waals surface area contributed by atoms with Crippen molar-refractivity contribution in [3.63, 3.8) is 0 Å². The molecule has 0 bridgehead atoms. The van der Waals surface area contributed by atoms with E-state index in [-0.39, 0.29) is 16.4 Å². The zero-order valence-corrected chi connectivity index (χ0v) is 24.6. The lowest BCUT2D eigenvalue weighted by molar-refractivity contribution is -0.254. The van der Waals surface area contributed by atoms with Crippen LogP contribution in [0.2, 0.25) is 0 Å². The molecule has 1 aromatic heterocycles. The molecule has 0 radical (unpaired) electrons. The van der Waals surface area contributed by atoms with Crippen molar-refractivity contribution in [2.45, 2.75) is 72.2 Å². The van der Waals surface area contributed by atoms with E-state index < -0.39 is 66.8 Å². The molecule has 2 heterocycles. The van der Waals surface area contributed by atoms with Gasteiger partial charge in [0.2, 0.25) is 0 Å². The number of nitrogens with zero attached hydrogens (tertiary/aromatic N) is 1. The van der Waals surface area contributed by atoms with Crippen molar-refractivity contribution >= 4 is 57.9 Å². The van der Waals surface area contributed by atoms with Gasteiger partial charge < -0.3 is 33.4 Å². The number of esters is 4. The number of hydrogen-bond donors (Lipinski definition) is 2.